The summed E-state index contributed by atoms with van der Waals surface area (Å²) in [4.78, 5) is 38.7. The monoisotopic (exact) mass is 471 g/mol. The first-order chi connectivity index (χ1) is 14.0. The van der Waals surface area contributed by atoms with E-state index in [1.165, 1.54) is 37.0 Å². The van der Waals surface area contributed by atoms with E-state index in [1.54, 1.807) is 0 Å². The van der Waals surface area contributed by atoms with Crippen molar-refractivity contribution in [3.63, 3.8) is 0 Å². The van der Waals surface area contributed by atoms with Crippen molar-refractivity contribution in [3.05, 3.63) is 0 Å². The molecule has 1 aliphatic carbocycles. The van der Waals surface area contributed by atoms with Crippen molar-refractivity contribution >= 4 is 33.7 Å². The Hall–Kier alpha value is -0.910. The zero-order chi connectivity index (χ0) is 21.1. The van der Waals surface area contributed by atoms with Crippen LogP contribution < -0.4 is 0 Å². The minimum absolute atomic E-state index is 0.0501. The summed E-state index contributed by atoms with van der Waals surface area (Å²) in [5.74, 6) is -0.220. The van der Waals surface area contributed by atoms with Gasteiger partial charge in [-0.05, 0) is 43.9 Å². The third kappa shape index (κ3) is 8.03. The Kier molecular flexibility index (Phi) is 10.7. The van der Waals surface area contributed by atoms with E-state index < -0.39 is 0 Å². The maximum absolute atomic E-state index is 12.5. The van der Waals surface area contributed by atoms with E-state index in [4.69, 9.17) is 4.74 Å². The van der Waals surface area contributed by atoms with Gasteiger partial charge in [0.15, 0.2) is 0 Å². The fourth-order valence-electron chi connectivity index (χ4n) is 4.70. The largest absolute Gasteiger partial charge is 0.462 e. The number of likely N-dealkylation sites (tertiary alicyclic amines) is 1. The molecule has 1 saturated carbocycles. The molecule has 2 aliphatic rings. The number of alkyl halides is 1. The van der Waals surface area contributed by atoms with Crippen LogP contribution in [0.2, 0.25) is 0 Å². The van der Waals surface area contributed by atoms with E-state index in [9.17, 15) is 14.4 Å². The predicted molar refractivity (Wildman–Crippen MR) is 118 cm³/mol. The number of hydrogen-bond acceptors (Lipinski definition) is 4. The number of hydrogen-bond donors (Lipinski definition) is 0. The first kappa shape index (κ1) is 24.4. The van der Waals surface area contributed by atoms with Crippen molar-refractivity contribution in [1.82, 2.24) is 4.90 Å². The highest BCUT2D eigenvalue weighted by molar-refractivity contribution is 9.09. The summed E-state index contributed by atoms with van der Waals surface area (Å²) in [6, 6.07) is 0. The van der Waals surface area contributed by atoms with Crippen molar-refractivity contribution < 1.29 is 19.1 Å². The maximum Gasteiger partial charge on any atom is 0.306 e. The fourth-order valence-corrected chi connectivity index (χ4v) is 5.09. The van der Waals surface area contributed by atoms with Gasteiger partial charge in [-0.2, -0.15) is 0 Å². The van der Waals surface area contributed by atoms with Gasteiger partial charge in [-0.25, -0.2) is 0 Å². The summed E-state index contributed by atoms with van der Waals surface area (Å²) < 4.78 is 5.68. The summed E-state index contributed by atoms with van der Waals surface area (Å²) in [6.45, 7) is 2.74. The van der Waals surface area contributed by atoms with Crippen molar-refractivity contribution in [3.8, 4) is 0 Å². The second-order valence-electron chi connectivity index (χ2n) is 8.91. The van der Waals surface area contributed by atoms with Gasteiger partial charge in [-0.1, -0.05) is 61.4 Å². The summed E-state index contributed by atoms with van der Waals surface area (Å²) in [6.07, 6.45) is 13.5. The molecular weight excluding hydrogens is 434 g/mol. The lowest BCUT2D eigenvalue weighted by molar-refractivity contribution is -0.154. The zero-order valence-corrected chi connectivity index (χ0v) is 19.6. The highest BCUT2D eigenvalue weighted by Crippen LogP contribution is 2.48. The number of unbranched alkanes of at least 4 members (excludes halogenated alkanes) is 7. The molecular formula is C23H38BrNO4. The van der Waals surface area contributed by atoms with Crippen LogP contribution in [-0.2, 0) is 19.1 Å². The van der Waals surface area contributed by atoms with E-state index in [0.717, 1.165) is 43.9 Å². The summed E-state index contributed by atoms with van der Waals surface area (Å²) in [7, 11) is 0. The van der Waals surface area contributed by atoms with Gasteiger partial charge in [-0.3, -0.25) is 19.3 Å². The molecule has 1 saturated heterocycles. The van der Waals surface area contributed by atoms with E-state index >= 15 is 0 Å². The van der Waals surface area contributed by atoms with Crippen LogP contribution >= 0.6 is 15.9 Å². The molecule has 1 unspecified atom stereocenters. The molecule has 1 aliphatic heterocycles. The van der Waals surface area contributed by atoms with Crippen molar-refractivity contribution in [2.24, 2.45) is 5.41 Å². The standard InChI is InChI=1S/C23H38BrNO4/c1-2-3-4-5-6-7-8-11-22(28)29-19-12-13-23(16-19)17-20(26)25(21(27)18-23)15-10-9-14-24/h19H,2-18H2,1H3. The topological polar surface area (TPSA) is 63.7 Å². The molecule has 2 fully saturated rings. The molecule has 0 aromatic rings. The molecule has 2 rings (SSSR count). The van der Waals surface area contributed by atoms with Crippen LogP contribution in [0.4, 0.5) is 0 Å². The SMILES string of the molecule is CCCCCCCCCC(=O)OC1CCC2(CC(=O)N(CCCCBr)C(=O)C2)C1. The van der Waals surface area contributed by atoms with E-state index in [2.05, 4.69) is 22.9 Å². The average molecular weight is 472 g/mol. The number of nitrogens with zero attached hydrogens (tertiary/aromatic N) is 1. The van der Waals surface area contributed by atoms with E-state index in [1.807, 2.05) is 0 Å². The number of imide groups is 1. The summed E-state index contributed by atoms with van der Waals surface area (Å²) in [5, 5.41) is 0.888. The van der Waals surface area contributed by atoms with E-state index in [-0.39, 0.29) is 29.3 Å². The van der Waals surface area contributed by atoms with Crippen LogP contribution in [0.15, 0.2) is 0 Å². The summed E-state index contributed by atoms with van der Waals surface area (Å²) >= 11 is 3.38. The molecule has 0 bridgehead atoms. The molecule has 0 N–H and O–H groups in total. The molecule has 5 nitrogen and oxygen atoms in total. The van der Waals surface area contributed by atoms with Crippen LogP contribution in [0.25, 0.3) is 0 Å². The Morgan fingerprint density at radius 2 is 1.69 bits per heavy atom. The zero-order valence-electron chi connectivity index (χ0n) is 18.1. The van der Waals surface area contributed by atoms with Crippen LogP contribution in [0, 0.1) is 5.41 Å². The van der Waals surface area contributed by atoms with Gasteiger partial charge < -0.3 is 4.74 Å². The number of esters is 1. The smallest absolute Gasteiger partial charge is 0.306 e. The Morgan fingerprint density at radius 3 is 2.34 bits per heavy atom. The van der Waals surface area contributed by atoms with Gasteiger partial charge in [-0.15, -0.1) is 0 Å². The molecule has 2 amide bonds. The highest BCUT2D eigenvalue weighted by atomic mass is 79.9. The molecule has 1 atom stereocenters. The number of piperidine rings is 1. The second kappa shape index (κ2) is 12.7. The first-order valence-electron chi connectivity index (χ1n) is 11.6. The van der Waals surface area contributed by atoms with Crippen LogP contribution in [0.1, 0.15) is 103 Å². The fraction of sp³-hybridized carbons (Fsp3) is 0.870. The van der Waals surface area contributed by atoms with Crippen LogP contribution in [0.3, 0.4) is 0 Å². The minimum Gasteiger partial charge on any atom is -0.462 e. The molecule has 0 aromatic heterocycles. The van der Waals surface area contributed by atoms with Gasteiger partial charge in [0.1, 0.15) is 6.10 Å². The molecule has 0 radical (unpaired) electrons. The average Bonchev–Trinajstić information content (AvgIpc) is 3.04. The number of amides is 2. The predicted octanol–water partition coefficient (Wildman–Crippen LogP) is 5.53. The number of rotatable bonds is 13. The summed E-state index contributed by atoms with van der Waals surface area (Å²) in [5.41, 5.74) is -0.287. The normalized spacial score (nSPS) is 21.2. The number of carbonyl (C=O) groups is 3. The van der Waals surface area contributed by atoms with Gasteiger partial charge >= 0.3 is 5.97 Å². The van der Waals surface area contributed by atoms with Crippen molar-refractivity contribution in [2.45, 2.75) is 109 Å². The number of carbonyl (C=O) groups excluding carboxylic acids is 3. The molecule has 29 heavy (non-hydrogen) atoms. The van der Waals surface area contributed by atoms with Crippen LogP contribution in [0.5, 0.6) is 0 Å². The Morgan fingerprint density at radius 1 is 1.03 bits per heavy atom. The molecule has 1 heterocycles. The van der Waals surface area contributed by atoms with Gasteiger partial charge in [0.25, 0.3) is 0 Å². The van der Waals surface area contributed by atoms with Gasteiger partial charge in [0, 0.05) is 31.1 Å². The van der Waals surface area contributed by atoms with Crippen LogP contribution in [-0.4, -0.2) is 40.7 Å². The molecule has 1 spiro atoms. The second-order valence-corrected chi connectivity index (χ2v) is 9.71. The highest BCUT2D eigenvalue weighted by Gasteiger charge is 2.48. The van der Waals surface area contributed by atoms with Gasteiger partial charge in [0.2, 0.25) is 11.8 Å². The number of halogens is 1. The maximum atomic E-state index is 12.5. The quantitative estimate of drug-likeness (QED) is 0.153. The van der Waals surface area contributed by atoms with Gasteiger partial charge in [0.05, 0.1) is 0 Å². The number of ether oxygens (including phenoxy) is 1. The first-order valence-corrected chi connectivity index (χ1v) is 12.7. The lowest BCUT2D eigenvalue weighted by Gasteiger charge is -2.37. The Bertz CT molecular complexity index is 533. The Labute approximate surface area is 184 Å². The minimum atomic E-state index is -0.287. The lowest BCUT2D eigenvalue weighted by atomic mass is 9.76. The molecule has 166 valence electrons. The molecule has 6 heteroatoms. The van der Waals surface area contributed by atoms with Crippen molar-refractivity contribution in [1.29, 1.82) is 0 Å². The molecule has 0 aromatic carbocycles. The lowest BCUT2D eigenvalue weighted by Crippen LogP contribution is -2.47. The van der Waals surface area contributed by atoms with Crippen molar-refractivity contribution in [2.75, 3.05) is 11.9 Å². The Balaban J connectivity index is 1.68. The third-order valence-corrected chi connectivity index (χ3v) is 6.92. The van der Waals surface area contributed by atoms with E-state index in [0.29, 0.717) is 32.2 Å². The third-order valence-electron chi connectivity index (χ3n) is 6.36.